The zero-order valence-electron chi connectivity index (χ0n) is 12.4. The Morgan fingerprint density at radius 2 is 1.33 bits per heavy atom. The summed E-state index contributed by atoms with van der Waals surface area (Å²) in [5.41, 5.74) is 0. The first kappa shape index (κ1) is 16.0. The van der Waals surface area contributed by atoms with Crippen LogP contribution in [0, 0.1) is 0 Å². The fraction of sp³-hybridized carbons (Fsp3) is 1.00. The average molecular weight is 255 g/mol. The Morgan fingerprint density at radius 3 is 1.89 bits per heavy atom. The summed E-state index contributed by atoms with van der Waals surface area (Å²) in [4.78, 5) is 2.52. The van der Waals surface area contributed by atoms with E-state index in [0.717, 1.165) is 25.9 Å². The zero-order valence-corrected chi connectivity index (χ0v) is 12.4. The van der Waals surface area contributed by atoms with Crippen molar-refractivity contribution in [1.82, 2.24) is 4.90 Å². The molecule has 0 radical (unpaired) electrons. The maximum absolute atomic E-state index is 9.43. The maximum Gasteiger partial charge on any atom is 0.0564 e. The summed E-state index contributed by atoms with van der Waals surface area (Å²) < 4.78 is 0. The van der Waals surface area contributed by atoms with E-state index in [2.05, 4.69) is 11.8 Å². The number of nitrogens with zero attached hydrogens (tertiary/aromatic N) is 1. The third-order valence-electron chi connectivity index (χ3n) is 4.13. The first-order chi connectivity index (χ1) is 8.83. The van der Waals surface area contributed by atoms with Crippen molar-refractivity contribution in [2.45, 2.75) is 83.7 Å². The second-order valence-electron chi connectivity index (χ2n) is 5.90. The largest absolute Gasteiger partial charge is 0.393 e. The van der Waals surface area contributed by atoms with Gasteiger partial charge in [-0.1, -0.05) is 58.3 Å². The van der Waals surface area contributed by atoms with Gasteiger partial charge in [-0.05, 0) is 25.8 Å². The molecule has 1 fully saturated rings. The number of aliphatic hydroxyl groups excluding tert-OH is 1. The second kappa shape index (κ2) is 10.8. The van der Waals surface area contributed by atoms with Gasteiger partial charge in [0.05, 0.1) is 6.10 Å². The molecule has 1 rings (SSSR count). The van der Waals surface area contributed by atoms with Gasteiger partial charge in [-0.25, -0.2) is 0 Å². The van der Waals surface area contributed by atoms with Gasteiger partial charge < -0.3 is 10.0 Å². The average Bonchev–Trinajstić information content (AvgIpc) is 2.39. The normalized spacial score (nSPS) is 18.3. The first-order valence-corrected chi connectivity index (χ1v) is 8.23. The van der Waals surface area contributed by atoms with Crippen molar-refractivity contribution < 1.29 is 5.11 Å². The Labute approximate surface area is 114 Å². The lowest BCUT2D eigenvalue weighted by atomic mass is 10.1. The van der Waals surface area contributed by atoms with E-state index in [1.165, 1.54) is 64.3 Å². The highest BCUT2D eigenvalue weighted by Crippen LogP contribution is 2.13. The third-order valence-corrected chi connectivity index (χ3v) is 4.13. The second-order valence-corrected chi connectivity index (χ2v) is 5.90. The highest BCUT2D eigenvalue weighted by molar-refractivity contribution is 4.70. The van der Waals surface area contributed by atoms with Crippen LogP contribution in [0.25, 0.3) is 0 Å². The Balaban J connectivity index is 1.78. The lowest BCUT2D eigenvalue weighted by molar-refractivity contribution is 0.0817. The molecule has 0 saturated carbocycles. The smallest absolute Gasteiger partial charge is 0.0564 e. The van der Waals surface area contributed by atoms with Gasteiger partial charge in [-0.2, -0.15) is 0 Å². The molecule has 1 aliphatic rings. The van der Waals surface area contributed by atoms with Gasteiger partial charge in [0.2, 0.25) is 0 Å². The van der Waals surface area contributed by atoms with E-state index in [9.17, 15) is 5.11 Å². The van der Waals surface area contributed by atoms with Crippen molar-refractivity contribution in [2.24, 2.45) is 0 Å². The molecule has 0 bridgehead atoms. The Kier molecular flexibility index (Phi) is 9.59. The maximum atomic E-state index is 9.43. The van der Waals surface area contributed by atoms with Gasteiger partial charge in [-0.15, -0.1) is 0 Å². The molecule has 2 nitrogen and oxygen atoms in total. The van der Waals surface area contributed by atoms with Crippen molar-refractivity contribution in [2.75, 3.05) is 19.6 Å². The van der Waals surface area contributed by atoms with E-state index in [1.807, 2.05) is 0 Å². The van der Waals surface area contributed by atoms with E-state index in [1.54, 1.807) is 0 Å². The lowest BCUT2D eigenvalue weighted by Gasteiger charge is -2.29. The summed E-state index contributed by atoms with van der Waals surface area (Å²) in [5, 5.41) is 9.43. The van der Waals surface area contributed by atoms with E-state index < -0.39 is 0 Å². The lowest BCUT2D eigenvalue weighted by Crippen LogP contribution is -2.36. The molecule has 0 atom stereocenters. The molecular weight excluding hydrogens is 222 g/mol. The highest BCUT2D eigenvalue weighted by Gasteiger charge is 2.15. The van der Waals surface area contributed by atoms with Gasteiger partial charge in [-0.3, -0.25) is 0 Å². The molecule has 0 aromatic rings. The standard InChI is InChI=1S/C16H33NO/c1-2-3-4-5-6-7-8-9-10-13-17-14-11-16(18)12-15-17/h16,18H,2-15H2,1H3. The molecule has 0 amide bonds. The number of hydrogen-bond donors (Lipinski definition) is 1. The van der Waals surface area contributed by atoms with Crippen LogP contribution in [0.1, 0.15) is 77.6 Å². The number of piperidine rings is 1. The highest BCUT2D eigenvalue weighted by atomic mass is 16.3. The molecule has 2 heteroatoms. The third kappa shape index (κ3) is 8.10. The van der Waals surface area contributed by atoms with Crippen molar-refractivity contribution >= 4 is 0 Å². The summed E-state index contributed by atoms with van der Waals surface area (Å²) in [7, 11) is 0. The molecule has 1 aliphatic heterocycles. The van der Waals surface area contributed by atoms with Crippen LogP contribution in [0.4, 0.5) is 0 Å². The fourth-order valence-electron chi connectivity index (χ4n) is 2.79. The van der Waals surface area contributed by atoms with E-state index in [-0.39, 0.29) is 6.10 Å². The van der Waals surface area contributed by atoms with Crippen LogP contribution in [0.2, 0.25) is 0 Å². The minimum absolute atomic E-state index is 0.0237. The van der Waals surface area contributed by atoms with Crippen LogP contribution in [-0.2, 0) is 0 Å². The quantitative estimate of drug-likeness (QED) is 0.597. The molecule has 0 aliphatic carbocycles. The molecule has 108 valence electrons. The number of rotatable bonds is 10. The predicted octanol–water partition coefficient (Wildman–Crippen LogP) is 3.97. The summed E-state index contributed by atoms with van der Waals surface area (Å²) in [6, 6.07) is 0. The molecule has 0 aromatic carbocycles. The molecule has 0 aromatic heterocycles. The van der Waals surface area contributed by atoms with Crippen LogP contribution >= 0.6 is 0 Å². The van der Waals surface area contributed by atoms with Gasteiger partial charge in [0, 0.05) is 13.1 Å². The number of likely N-dealkylation sites (tertiary alicyclic amines) is 1. The minimum atomic E-state index is -0.0237. The fourth-order valence-corrected chi connectivity index (χ4v) is 2.79. The summed E-state index contributed by atoms with van der Waals surface area (Å²) in [5.74, 6) is 0. The van der Waals surface area contributed by atoms with Gasteiger partial charge in [0.25, 0.3) is 0 Å². The van der Waals surface area contributed by atoms with E-state index >= 15 is 0 Å². The van der Waals surface area contributed by atoms with Crippen LogP contribution in [0.3, 0.4) is 0 Å². The molecule has 1 saturated heterocycles. The van der Waals surface area contributed by atoms with Crippen molar-refractivity contribution in [3.05, 3.63) is 0 Å². The van der Waals surface area contributed by atoms with Gasteiger partial charge >= 0.3 is 0 Å². The van der Waals surface area contributed by atoms with Crippen LogP contribution in [-0.4, -0.2) is 35.7 Å². The monoisotopic (exact) mass is 255 g/mol. The Hall–Kier alpha value is -0.0800. The van der Waals surface area contributed by atoms with Crippen LogP contribution in [0.15, 0.2) is 0 Å². The SMILES string of the molecule is CCCCCCCCCCCN1CCC(O)CC1. The van der Waals surface area contributed by atoms with Crippen LogP contribution < -0.4 is 0 Å². The van der Waals surface area contributed by atoms with E-state index in [4.69, 9.17) is 0 Å². The number of aliphatic hydroxyl groups is 1. The first-order valence-electron chi connectivity index (χ1n) is 8.23. The predicted molar refractivity (Wildman–Crippen MR) is 78.9 cm³/mol. The molecule has 18 heavy (non-hydrogen) atoms. The Bertz CT molecular complexity index is 176. The van der Waals surface area contributed by atoms with Crippen molar-refractivity contribution in [3.63, 3.8) is 0 Å². The van der Waals surface area contributed by atoms with E-state index in [0.29, 0.717) is 0 Å². The number of hydrogen-bond acceptors (Lipinski definition) is 2. The molecule has 1 heterocycles. The molecule has 0 unspecified atom stereocenters. The summed E-state index contributed by atoms with van der Waals surface area (Å²) in [6.07, 6.45) is 14.6. The summed E-state index contributed by atoms with van der Waals surface area (Å²) in [6.45, 7) is 5.75. The van der Waals surface area contributed by atoms with Gasteiger partial charge in [0.15, 0.2) is 0 Å². The molecule has 1 N–H and O–H groups in total. The molecule has 0 spiro atoms. The molecular formula is C16H33NO. The van der Waals surface area contributed by atoms with Gasteiger partial charge in [0.1, 0.15) is 0 Å². The zero-order chi connectivity index (χ0) is 13.1. The number of unbranched alkanes of at least 4 members (excludes halogenated alkanes) is 8. The van der Waals surface area contributed by atoms with Crippen LogP contribution in [0.5, 0.6) is 0 Å². The van der Waals surface area contributed by atoms with Crippen molar-refractivity contribution in [1.29, 1.82) is 0 Å². The summed E-state index contributed by atoms with van der Waals surface area (Å²) >= 11 is 0. The Morgan fingerprint density at radius 1 is 0.833 bits per heavy atom. The topological polar surface area (TPSA) is 23.5 Å². The minimum Gasteiger partial charge on any atom is -0.393 e. The van der Waals surface area contributed by atoms with Crippen molar-refractivity contribution in [3.8, 4) is 0 Å².